The van der Waals surface area contributed by atoms with Gasteiger partial charge in [-0.25, -0.2) is 8.42 Å². The van der Waals surface area contributed by atoms with E-state index in [0.29, 0.717) is 6.26 Å². The molecule has 0 aliphatic carbocycles. The van der Waals surface area contributed by atoms with Gasteiger partial charge in [-0.2, -0.15) is 0 Å². The first-order valence-corrected chi connectivity index (χ1v) is 15.2. The Bertz CT molecular complexity index is 944. The summed E-state index contributed by atoms with van der Waals surface area (Å²) in [6, 6.07) is 27.8. The van der Waals surface area contributed by atoms with Crippen molar-refractivity contribution in [1.29, 1.82) is 0 Å². The van der Waals surface area contributed by atoms with E-state index in [1.54, 1.807) is 0 Å². The van der Waals surface area contributed by atoms with Crippen molar-refractivity contribution in [2.24, 2.45) is 0 Å². The minimum absolute atomic E-state index is 0. The van der Waals surface area contributed by atoms with Crippen molar-refractivity contribution < 1.29 is 22.6 Å². The number of benzene rings is 3. The molecule has 0 bridgehead atoms. The highest BCUT2D eigenvalue weighted by Crippen LogP contribution is 2.20. The van der Waals surface area contributed by atoms with E-state index in [1.165, 1.54) is 85.5 Å². The van der Waals surface area contributed by atoms with Gasteiger partial charge in [0.2, 0.25) is 0 Å². The van der Waals surface area contributed by atoms with Crippen LogP contribution in [0.2, 0.25) is 0 Å². The number of quaternary nitrogens is 1. The molecule has 0 saturated heterocycles. The van der Waals surface area contributed by atoms with Crippen LogP contribution < -0.4 is 0 Å². The standard InChI is InChI=1S/C19H34N.C10H8.CH4O3S.CH4O.CH4/c1-4-7-15-20(16-8-5-2,17-9-6-3)18-19-13-11-10-12-14-19;1-2-6-10-8-4-3-7-9(10)5-1;1-5(2,3)4;1-2;/h10-14H,4-9,15-18H2,1-3H3;1-8H;1H3,(H,2,3,4);2H,1H3;1H4/q+1;;;;/p-1. The Balaban J connectivity index is 0. The van der Waals surface area contributed by atoms with Crippen LogP contribution >= 0.6 is 0 Å². The third-order valence-electron chi connectivity index (χ3n) is 5.98. The smallest absolute Gasteiger partial charge is 0.104 e. The lowest BCUT2D eigenvalue weighted by molar-refractivity contribution is -0.941. The highest BCUT2D eigenvalue weighted by atomic mass is 32.2. The topological polar surface area (TPSA) is 77.4 Å². The third-order valence-corrected chi connectivity index (χ3v) is 5.98. The first-order chi connectivity index (χ1) is 17.7. The van der Waals surface area contributed by atoms with Gasteiger partial charge in [0, 0.05) is 18.9 Å². The fourth-order valence-corrected chi connectivity index (χ4v) is 4.16. The van der Waals surface area contributed by atoms with E-state index in [1.807, 2.05) is 0 Å². The highest BCUT2D eigenvalue weighted by Gasteiger charge is 2.26. The second-order valence-corrected chi connectivity index (χ2v) is 10.7. The molecule has 0 aromatic heterocycles. The molecule has 0 saturated carbocycles. The molecule has 3 aromatic rings. The van der Waals surface area contributed by atoms with Gasteiger partial charge in [-0.05, 0) is 30.0 Å². The molecule has 6 heteroatoms. The van der Waals surface area contributed by atoms with Crippen LogP contribution in [-0.2, 0) is 16.7 Å². The summed E-state index contributed by atoms with van der Waals surface area (Å²) >= 11 is 0. The van der Waals surface area contributed by atoms with Crippen LogP contribution in [-0.4, -0.2) is 55.6 Å². The summed E-state index contributed by atoms with van der Waals surface area (Å²) in [5.41, 5.74) is 1.51. The second kappa shape index (κ2) is 22.7. The number of fused-ring (bicyclic) bond motifs is 1. The summed E-state index contributed by atoms with van der Waals surface area (Å²) < 4.78 is 28.5. The molecule has 0 amide bonds. The Morgan fingerprint density at radius 3 is 1.24 bits per heavy atom. The molecular formula is C32H53NO4S. The molecule has 0 atom stereocenters. The molecule has 0 aliphatic rings. The van der Waals surface area contributed by atoms with Gasteiger partial charge in [0.25, 0.3) is 0 Å². The van der Waals surface area contributed by atoms with E-state index < -0.39 is 10.1 Å². The Kier molecular flexibility index (Phi) is 22.6. The van der Waals surface area contributed by atoms with Crippen molar-refractivity contribution in [1.82, 2.24) is 0 Å². The minimum atomic E-state index is -3.92. The molecular weight excluding hydrogens is 494 g/mol. The van der Waals surface area contributed by atoms with Crippen LogP contribution in [0.15, 0.2) is 78.9 Å². The summed E-state index contributed by atoms with van der Waals surface area (Å²) in [5, 5.41) is 9.62. The van der Waals surface area contributed by atoms with Crippen molar-refractivity contribution in [2.75, 3.05) is 33.0 Å². The molecule has 3 rings (SSSR count). The predicted octanol–water partition coefficient (Wildman–Crippen LogP) is 7.65. The Labute approximate surface area is 233 Å². The van der Waals surface area contributed by atoms with Gasteiger partial charge in [0.1, 0.15) is 6.54 Å². The minimum Gasteiger partial charge on any atom is -0.748 e. The maximum Gasteiger partial charge on any atom is 0.104 e. The van der Waals surface area contributed by atoms with Crippen molar-refractivity contribution in [3.63, 3.8) is 0 Å². The summed E-state index contributed by atoms with van der Waals surface area (Å²) in [7, 11) is -2.92. The Morgan fingerprint density at radius 2 is 0.947 bits per heavy atom. The predicted molar refractivity (Wildman–Crippen MR) is 164 cm³/mol. The van der Waals surface area contributed by atoms with E-state index >= 15 is 0 Å². The lowest BCUT2D eigenvalue weighted by atomic mass is 10.1. The Hall–Kier alpha value is -2.25. The van der Waals surface area contributed by atoms with Crippen LogP contribution in [0.5, 0.6) is 0 Å². The molecule has 38 heavy (non-hydrogen) atoms. The summed E-state index contributed by atoms with van der Waals surface area (Å²) in [6.45, 7) is 12.2. The molecule has 0 heterocycles. The molecule has 0 unspecified atom stereocenters. The molecule has 0 radical (unpaired) electrons. The van der Waals surface area contributed by atoms with Crippen molar-refractivity contribution in [2.45, 2.75) is 73.3 Å². The fraction of sp³-hybridized carbons (Fsp3) is 0.500. The third kappa shape index (κ3) is 18.9. The van der Waals surface area contributed by atoms with Crippen LogP contribution in [0.3, 0.4) is 0 Å². The second-order valence-electron chi connectivity index (χ2n) is 9.27. The lowest BCUT2D eigenvalue weighted by Crippen LogP contribution is -2.49. The summed E-state index contributed by atoms with van der Waals surface area (Å²) in [6.07, 6.45) is 8.63. The van der Waals surface area contributed by atoms with Crippen LogP contribution in [0.25, 0.3) is 10.8 Å². The maximum atomic E-state index is 9.08. The highest BCUT2D eigenvalue weighted by molar-refractivity contribution is 7.84. The van der Waals surface area contributed by atoms with Crippen LogP contribution in [0.4, 0.5) is 0 Å². The van der Waals surface area contributed by atoms with E-state index in [9.17, 15) is 0 Å². The van der Waals surface area contributed by atoms with Gasteiger partial charge in [-0.1, -0.05) is 126 Å². The Morgan fingerprint density at radius 1 is 0.658 bits per heavy atom. The number of nitrogens with zero attached hydrogens (tertiary/aromatic N) is 1. The largest absolute Gasteiger partial charge is 0.748 e. The van der Waals surface area contributed by atoms with Gasteiger partial charge in [0.05, 0.1) is 29.8 Å². The normalized spacial score (nSPS) is 10.5. The quantitative estimate of drug-likeness (QED) is 0.198. The lowest BCUT2D eigenvalue weighted by Gasteiger charge is -2.39. The maximum absolute atomic E-state index is 9.08. The molecule has 0 aliphatic heterocycles. The molecule has 0 spiro atoms. The number of aliphatic hydroxyl groups excluding tert-OH is 1. The zero-order valence-corrected chi connectivity index (χ0v) is 24.4. The van der Waals surface area contributed by atoms with E-state index in [-0.39, 0.29) is 7.43 Å². The van der Waals surface area contributed by atoms with Gasteiger partial charge in [0.15, 0.2) is 0 Å². The SMILES string of the molecule is C.CCCC[N+](CCCC)(CCCC)Cc1ccccc1.CO.CS(=O)(=O)[O-].c1ccc2ccccc2c1. The molecule has 0 fully saturated rings. The van der Waals surface area contributed by atoms with Crippen molar-refractivity contribution in [3.05, 3.63) is 84.4 Å². The van der Waals surface area contributed by atoms with Crippen molar-refractivity contribution in [3.8, 4) is 0 Å². The average Bonchev–Trinajstić information content (AvgIpc) is 2.91. The number of unbranched alkanes of at least 4 members (excludes halogenated alkanes) is 3. The monoisotopic (exact) mass is 547 g/mol. The molecule has 1 N–H and O–H groups in total. The van der Waals surface area contributed by atoms with Gasteiger partial charge < -0.3 is 14.1 Å². The van der Waals surface area contributed by atoms with Crippen LogP contribution in [0.1, 0.15) is 72.3 Å². The summed E-state index contributed by atoms with van der Waals surface area (Å²) in [4.78, 5) is 0. The van der Waals surface area contributed by atoms with E-state index in [2.05, 4.69) is 99.6 Å². The number of rotatable bonds is 11. The molecule has 5 nitrogen and oxygen atoms in total. The number of aliphatic hydroxyl groups is 1. The molecule has 3 aromatic carbocycles. The first kappa shape index (κ1) is 37.9. The van der Waals surface area contributed by atoms with Gasteiger partial charge >= 0.3 is 0 Å². The fourth-order valence-electron chi connectivity index (χ4n) is 4.16. The zero-order valence-electron chi connectivity index (χ0n) is 23.6. The van der Waals surface area contributed by atoms with Gasteiger partial charge in [-0.3, -0.25) is 0 Å². The van der Waals surface area contributed by atoms with E-state index in [0.717, 1.165) is 7.11 Å². The summed E-state index contributed by atoms with van der Waals surface area (Å²) in [5.74, 6) is 0. The van der Waals surface area contributed by atoms with Crippen molar-refractivity contribution >= 4 is 20.9 Å². The van der Waals surface area contributed by atoms with E-state index in [4.69, 9.17) is 18.1 Å². The van der Waals surface area contributed by atoms with Crippen LogP contribution in [0, 0.1) is 0 Å². The van der Waals surface area contributed by atoms with Gasteiger partial charge in [-0.15, -0.1) is 0 Å². The number of hydrogen-bond acceptors (Lipinski definition) is 4. The number of hydrogen-bond donors (Lipinski definition) is 1. The molecule has 216 valence electrons. The average molecular weight is 548 g/mol. The zero-order chi connectivity index (χ0) is 28.0. The first-order valence-electron chi connectivity index (χ1n) is 13.4.